The van der Waals surface area contributed by atoms with Gasteiger partial charge in [0.2, 0.25) is 11.8 Å². The topological polar surface area (TPSA) is 58.6 Å². The van der Waals surface area contributed by atoms with E-state index in [2.05, 4.69) is 10.1 Å². The summed E-state index contributed by atoms with van der Waals surface area (Å²) < 4.78 is 30.2. The molecule has 2 aromatic carbocycles. The quantitative estimate of drug-likeness (QED) is 0.886. The molecule has 2 aliphatic rings. The van der Waals surface area contributed by atoms with E-state index in [4.69, 9.17) is 0 Å². The molecule has 0 spiro atoms. The van der Waals surface area contributed by atoms with Gasteiger partial charge in [-0.25, -0.2) is 0 Å². The summed E-state index contributed by atoms with van der Waals surface area (Å²) in [6, 6.07) is 12.0. The van der Waals surface area contributed by atoms with Crippen molar-refractivity contribution in [2.75, 3.05) is 16.8 Å². The van der Waals surface area contributed by atoms with Crippen molar-refractivity contribution >= 4 is 23.2 Å². The first kappa shape index (κ1) is 17.5. The van der Waals surface area contributed by atoms with Crippen molar-refractivity contribution in [1.82, 2.24) is 0 Å². The van der Waals surface area contributed by atoms with Crippen LogP contribution in [0.2, 0.25) is 0 Å². The molecule has 0 bridgehead atoms. The van der Waals surface area contributed by atoms with E-state index in [0.717, 1.165) is 17.7 Å². The normalized spacial score (nSPS) is 19.2. The van der Waals surface area contributed by atoms with E-state index in [9.17, 15) is 18.4 Å². The van der Waals surface area contributed by atoms with E-state index >= 15 is 0 Å². The number of fused-ring (bicyclic) bond motifs is 1. The number of rotatable bonds is 4. The van der Waals surface area contributed by atoms with Gasteiger partial charge in [0.15, 0.2) is 0 Å². The number of nitrogens with one attached hydrogen (secondary N) is 1. The second kappa shape index (κ2) is 6.98. The monoisotopic (exact) mass is 372 g/mol. The number of halogens is 2. The lowest BCUT2D eigenvalue weighted by Crippen LogP contribution is -2.26. The van der Waals surface area contributed by atoms with Gasteiger partial charge in [0.05, 0.1) is 0 Å². The lowest BCUT2D eigenvalue weighted by Gasteiger charge is -2.28. The maximum atomic E-state index is 12.8. The molecular formula is C20H18F2N2O3. The average molecular weight is 372 g/mol. The Morgan fingerprint density at radius 2 is 1.93 bits per heavy atom. The van der Waals surface area contributed by atoms with Crippen LogP contribution in [0, 0.1) is 0 Å². The number of ether oxygens (including phenoxy) is 1. The molecular weight excluding hydrogens is 354 g/mol. The SMILES string of the molecule is O=C1CC(c2ccccc2OC(F)F)c2ccc(N3CCCC3=O)cc2N1. The van der Waals surface area contributed by atoms with Crippen molar-refractivity contribution in [1.29, 1.82) is 0 Å². The van der Waals surface area contributed by atoms with Crippen LogP contribution in [0.25, 0.3) is 0 Å². The summed E-state index contributed by atoms with van der Waals surface area (Å²) in [6.45, 7) is -2.29. The van der Waals surface area contributed by atoms with E-state index in [-0.39, 0.29) is 24.0 Å². The molecule has 1 unspecified atom stereocenters. The highest BCUT2D eigenvalue weighted by molar-refractivity contribution is 5.99. The van der Waals surface area contributed by atoms with Gasteiger partial charge >= 0.3 is 6.61 Å². The van der Waals surface area contributed by atoms with Gasteiger partial charge in [-0.05, 0) is 30.2 Å². The molecule has 27 heavy (non-hydrogen) atoms. The number of alkyl halides is 2. The number of anilines is 2. The lowest BCUT2D eigenvalue weighted by molar-refractivity contribution is -0.117. The molecule has 1 saturated heterocycles. The van der Waals surface area contributed by atoms with Crippen LogP contribution < -0.4 is 15.0 Å². The van der Waals surface area contributed by atoms with Crippen molar-refractivity contribution in [3.8, 4) is 5.75 Å². The third-order valence-corrected chi connectivity index (χ3v) is 4.97. The van der Waals surface area contributed by atoms with Crippen molar-refractivity contribution in [2.45, 2.75) is 31.8 Å². The van der Waals surface area contributed by atoms with Crippen molar-refractivity contribution < 1.29 is 23.1 Å². The van der Waals surface area contributed by atoms with E-state index < -0.39 is 12.5 Å². The van der Waals surface area contributed by atoms with Crippen molar-refractivity contribution in [2.24, 2.45) is 0 Å². The molecule has 2 amide bonds. The zero-order valence-corrected chi connectivity index (χ0v) is 14.5. The summed E-state index contributed by atoms with van der Waals surface area (Å²) in [5, 5.41) is 2.83. The molecule has 1 fully saturated rings. The van der Waals surface area contributed by atoms with Crippen LogP contribution in [-0.2, 0) is 9.59 Å². The highest BCUT2D eigenvalue weighted by Crippen LogP contribution is 2.42. The smallest absolute Gasteiger partial charge is 0.387 e. The fourth-order valence-electron chi connectivity index (χ4n) is 3.79. The predicted octanol–water partition coefficient (Wildman–Crippen LogP) is 3.89. The number of para-hydroxylation sites is 1. The lowest BCUT2D eigenvalue weighted by atomic mass is 9.84. The summed E-state index contributed by atoms with van der Waals surface area (Å²) in [6.07, 6.45) is 1.46. The Balaban J connectivity index is 1.74. The van der Waals surface area contributed by atoms with Gasteiger partial charge in [-0.15, -0.1) is 0 Å². The largest absolute Gasteiger partial charge is 0.435 e. The Labute approximate surface area is 154 Å². The van der Waals surface area contributed by atoms with Gasteiger partial charge < -0.3 is 15.0 Å². The molecule has 2 aromatic rings. The number of hydrogen-bond acceptors (Lipinski definition) is 3. The first-order valence-corrected chi connectivity index (χ1v) is 8.81. The van der Waals surface area contributed by atoms with Crippen molar-refractivity contribution in [3.63, 3.8) is 0 Å². The minimum absolute atomic E-state index is 0.0596. The molecule has 1 N–H and O–H groups in total. The minimum atomic E-state index is -2.94. The Kier molecular flexibility index (Phi) is 4.51. The molecule has 1 atom stereocenters. The van der Waals surface area contributed by atoms with Gasteiger partial charge in [-0.1, -0.05) is 24.3 Å². The number of carbonyl (C=O) groups excluding carboxylic acids is 2. The second-order valence-corrected chi connectivity index (χ2v) is 6.64. The van der Waals surface area contributed by atoms with Crippen LogP contribution >= 0.6 is 0 Å². The first-order chi connectivity index (χ1) is 13.0. The molecule has 2 heterocycles. The van der Waals surface area contributed by atoms with Crippen LogP contribution in [0.15, 0.2) is 42.5 Å². The first-order valence-electron chi connectivity index (χ1n) is 8.81. The Morgan fingerprint density at radius 3 is 2.67 bits per heavy atom. The summed E-state index contributed by atoms with van der Waals surface area (Å²) in [5.41, 5.74) is 2.68. The molecule has 140 valence electrons. The summed E-state index contributed by atoms with van der Waals surface area (Å²) >= 11 is 0. The molecule has 7 heteroatoms. The number of amides is 2. The summed E-state index contributed by atoms with van der Waals surface area (Å²) in [4.78, 5) is 25.9. The average Bonchev–Trinajstić information content (AvgIpc) is 3.06. The van der Waals surface area contributed by atoms with Gasteiger partial charge in [0.1, 0.15) is 5.75 Å². The molecule has 0 radical (unpaired) electrons. The van der Waals surface area contributed by atoms with E-state index in [1.54, 1.807) is 29.2 Å². The second-order valence-electron chi connectivity index (χ2n) is 6.64. The zero-order chi connectivity index (χ0) is 19.0. The zero-order valence-electron chi connectivity index (χ0n) is 14.5. The third-order valence-electron chi connectivity index (χ3n) is 4.97. The highest BCUT2D eigenvalue weighted by Gasteiger charge is 2.30. The van der Waals surface area contributed by atoms with E-state index in [1.807, 2.05) is 12.1 Å². The van der Waals surface area contributed by atoms with E-state index in [1.165, 1.54) is 6.07 Å². The number of nitrogens with zero attached hydrogens (tertiary/aromatic N) is 1. The van der Waals surface area contributed by atoms with Crippen molar-refractivity contribution in [3.05, 3.63) is 53.6 Å². The van der Waals surface area contributed by atoms with Gasteiger partial charge in [0, 0.05) is 42.2 Å². The molecule has 0 saturated carbocycles. The Hall–Kier alpha value is -2.96. The molecule has 2 aliphatic heterocycles. The highest BCUT2D eigenvalue weighted by atomic mass is 19.3. The number of benzene rings is 2. The predicted molar refractivity (Wildman–Crippen MR) is 96.2 cm³/mol. The van der Waals surface area contributed by atoms with Gasteiger partial charge in [0.25, 0.3) is 0 Å². The van der Waals surface area contributed by atoms with Crippen LogP contribution in [0.1, 0.15) is 36.3 Å². The number of carbonyl (C=O) groups is 2. The van der Waals surface area contributed by atoms with Gasteiger partial charge in [-0.2, -0.15) is 8.78 Å². The fraction of sp³-hybridized carbons (Fsp3) is 0.300. The third kappa shape index (κ3) is 3.37. The Bertz CT molecular complexity index is 901. The number of hydrogen-bond donors (Lipinski definition) is 1. The Morgan fingerprint density at radius 1 is 1.11 bits per heavy atom. The fourth-order valence-corrected chi connectivity index (χ4v) is 3.79. The summed E-state index contributed by atoms with van der Waals surface area (Å²) in [7, 11) is 0. The maximum Gasteiger partial charge on any atom is 0.387 e. The van der Waals surface area contributed by atoms with Crippen LogP contribution in [0.4, 0.5) is 20.2 Å². The van der Waals surface area contributed by atoms with E-state index in [0.29, 0.717) is 24.2 Å². The summed E-state index contributed by atoms with van der Waals surface area (Å²) in [5.74, 6) is -0.474. The molecule has 4 rings (SSSR count). The maximum absolute atomic E-state index is 12.8. The van der Waals surface area contributed by atoms with Crippen LogP contribution in [0.3, 0.4) is 0 Å². The van der Waals surface area contributed by atoms with Crippen LogP contribution in [0.5, 0.6) is 5.75 Å². The molecule has 0 aliphatic carbocycles. The van der Waals surface area contributed by atoms with Crippen LogP contribution in [-0.4, -0.2) is 25.0 Å². The molecule has 5 nitrogen and oxygen atoms in total. The van der Waals surface area contributed by atoms with Gasteiger partial charge in [-0.3, -0.25) is 9.59 Å². The molecule has 0 aromatic heterocycles. The minimum Gasteiger partial charge on any atom is -0.435 e. The standard InChI is InChI=1S/C20H18F2N2O3/c21-20(22)27-17-5-2-1-4-14(17)15-11-18(25)23-16-10-12(7-8-13(15)16)24-9-3-6-19(24)26/h1-2,4-5,7-8,10,15,20H,3,6,9,11H2,(H,23,25).